The van der Waals surface area contributed by atoms with Crippen LogP contribution >= 0.6 is 0 Å². The van der Waals surface area contributed by atoms with Crippen LogP contribution in [0.25, 0.3) is 0 Å². The van der Waals surface area contributed by atoms with E-state index in [0.717, 1.165) is 18.7 Å². The predicted molar refractivity (Wildman–Crippen MR) is 69.4 cm³/mol. The second kappa shape index (κ2) is 7.25. The van der Waals surface area contributed by atoms with Crippen LogP contribution in [0.3, 0.4) is 0 Å². The van der Waals surface area contributed by atoms with Crippen molar-refractivity contribution >= 4 is 0 Å². The molecule has 1 atom stereocenters. The van der Waals surface area contributed by atoms with E-state index >= 15 is 0 Å². The van der Waals surface area contributed by atoms with Crippen LogP contribution in [-0.2, 0) is 11.3 Å². The van der Waals surface area contributed by atoms with E-state index in [1.807, 2.05) is 13.0 Å². The Balaban J connectivity index is 2.74. The van der Waals surface area contributed by atoms with Crippen molar-refractivity contribution in [1.29, 1.82) is 0 Å². The van der Waals surface area contributed by atoms with Crippen LogP contribution in [0.4, 0.5) is 0 Å². The Morgan fingerprint density at radius 2 is 2.24 bits per heavy atom. The molecule has 4 heteroatoms. The highest BCUT2D eigenvalue weighted by atomic mass is 16.5. The lowest BCUT2D eigenvalue weighted by Crippen LogP contribution is -2.40. The largest absolute Gasteiger partial charge is 0.383 e. The minimum atomic E-state index is 0.0457. The van der Waals surface area contributed by atoms with Gasteiger partial charge in [0.1, 0.15) is 0 Å². The Labute approximate surface area is 103 Å². The standard InChI is InChI=1S/C13H22N2O2/c1-4-8-14-12(10-17-3)9-15-11(2)6-5-7-13(15)16/h5-7,12,14H,4,8-10H2,1-3H3. The van der Waals surface area contributed by atoms with Gasteiger partial charge in [-0.15, -0.1) is 0 Å². The molecular formula is C13H22N2O2. The smallest absolute Gasteiger partial charge is 0.250 e. The summed E-state index contributed by atoms with van der Waals surface area (Å²) in [5.74, 6) is 0. The molecule has 0 aliphatic rings. The molecule has 0 bridgehead atoms. The third-order valence-corrected chi connectivity index (χ3v) is 2.72. The molecule has 1 unspecified atom stereocenters. The van der Waals surface area contributed by atoms with Gasteiger partial charge in [-0.05, 0) is 26.0 Å². The van der Waals surface area contributed by atoms with Gasteiger partial charge in [0.25, 0.3) is 5.56 Å². The van der Waals surface area contributed by atoms with Crippen molar-refractivity contribution < 1.29 is 4.74 Å². The van der Waals surface area contributed by atoms with Crippen LogP contribution in [0.2, 0.25) is 0 Å². The first-order valence-electron chi connectivity index (χ1n) is 6.07. The lowest BCUT2D eigenvalue weighted by molar-refractivity contribution is 0.158. The van der Waals surface area contributed by atoms with E-state index in [0.29, 0.717) is 13.2 Å². The molecule has 1 aromatic heterocycles. The summed E-state index contributed by atoms with van der Waals surface area (Å²) in [6, 6.07) is 5.51. The number of pyridine rings is 1. The minimum absolute atomic E-state index is 0.0457. The van der Waals surface area contributed by atoms with E-state index in [4.69, 9.17) is 4.74 Å². The van der Waals surface area contributed by atoms with Gasteiger partial charge in [0.2, 0.25) is 0 Å². The summed E-state index contributed by atoms with van der Waals surface area (Å²) in [5.41, 5.74) is 1.03. The molecule has 0 saturated heterocycles. The third-order valence-electron chi connectivity index (χ3n) is 2.72. The molecule has 1 heterocycles. The highest BCUT2D eigenvalue weighted by Gasteiger charge is 2.10. The van der Waals surface area contributed by atoms with Gasteiger partial charge in [-0.3, -0.25) is 4.79 Å². The fourth-order valence-corrected chi connectivity index (χ4v) is 1.80. The molecule has 4 nitrogen and oxygen atoms in total. The van der Waals surface area contributed by atoms with E-state index in [2.05, 4.69) is 12.2 Å². The molecule has 0 aliphatic heterocycles. The number of methoxy groups -OCH3 is 1. The van der Waals surface area contributed by atoms with Crippen molar-refractivity contribution in [2.24, 2.45) is 0 Å². The van der Waals surface area contributed by atoms with Crippen LogP contribution in [0.15, 0.2) is 23.0 Å². The summed E-state index contributed by atoms with van der Waals surface area (Å²) in [6.07, 6.45) is 1.07. The van der Waals surface area contributed by atoms with Gasteiger partial charge in [-0.2, -0.15) is 0 Å². The molecule has 1 N–H and O–H groups in total. The Hall–Kier alpha value is -1.13. The van der Waals surface area contributed by atoms with Crippen LogP contribution < -0.4 is 10.9 Å². The zero-order valence-corrected chi connectivity index (χ0v) is 10.9. The molecular weight excluding hydrogens is 216 g/mol. The second-order valence-electron chi connectivity index (χ2n) is 4.22. The average molecular weight is 238 g/mol. The van der Waals surface area contributed by atoms with Crippen LogP contribution in [0.5, 0.6) is 0 Å². The molecule has 1 rings (SSSR count). The van der Waals surface area contributed by atoms with Crippen molar-refractivity contribution in [3.8, 4) is 0 Å². The minimum Gasteiger partial charge on any atom is -0.383 e. The Morgan fingerprint density at radius 3 is 2.82 bits per heavy atom. The van der Waals surface area contributed by atoms with Gasteiger partial charge in [0, 0.05) is 31.5 Å². The van der Waals surface area contributed by atoms with E-state index in [1.54, 1.807) is 23.8 Å². The zero-order valence-electron chi connectivity index (χ0n) is 10.9. The van der Waals surface area contributed by atoms with Crippen LogP contribution in [0.1, 0.15) is 19.0 Å². The Bertz CT molecular complexity index is 387. The topological polar surface area (TPSA) is 43.3 Å². The highest BCUT2D eigenvalue weighted by Crippen LogP contribution is 1.97. The Kier molecular flexibility index (Phi) is 5.94. The predicted octanol–water partition coefficient (Wildman–Crippen LogP) is 1.17. The maximum Gasteiger partial charge on any atom is 0.250 e. The van der Waals surface area contributed by atoms with Crippen molar-refractivity contribution in [2.45, 2.75) is 32.9 Å². The fourth-order valence-electron chi connectivity index (χ4n) is 1.80. The first-order valence-corrected chi connectivity index (χ1v) is 6.07. The first kappa shape index (κ1) is 13.9. The lowest BCUT2D eigenvalue weighted by atomic mass is 10.2. The highest BCUT2D eigenvalue weighted by molar-refractivity contribution is 5.04. The number of aryl methyl sites for hydroxylation is 1. The molecule has 0 amide bonds. The molecule has 0 fully saturated rings. The van der Waals surface area contributed by atoms with Gasteiger partial charge in [0.05, 0.1) is 6.61 Å². The summed E-state index contributed by atoms with van der Waals surface area (Å²) in [6.45, 7) is 6.27. The number of nitrogens with one attached hydrogen (secondary N) is 1. The van der Waals surface area contributed by atoms with Gasteiger partial charge in [0.15, 0.2) is 0 Å². The molecule has 0 spiro atoms. The van der Waals surface area contributed by atoms with Gasteiger partial charge in [-0.1, -0.05) is 13.0 Å². The number of hydrogen-bond acceptors (Lipinski definition) is 3. The summed E-state index contributed by atoms with van der Waals surface area (Å²) >= 11 is 0. The number of aromatic nitrogens is 1. The van der Waals surface area contributed by atoms with Gasteiger partial charge >= 0.3 is 0 Å². The lowest BCUT2D eigenvalue weighted by Gasteiger charge is -2.20. The van der Waals surface area contributed by atoms with Gasteiger partial charge < -0.3 is 14.6 Å². The number of hydrogen-bond donors (Lipinski definition) is 1. The second-order valence-corrected chi connectivity index (χ2v) is 4.22. The molecule has 96 valence electrons. The van der Waals surface area contributed by atoms with Crippen LogP contribution in [0, 0.1) is 6.92 Å². The summed E-state index contributed by atoms with van der Waals surface area (Å²) < 4.78 is 6.96. The van der Waals surface area contributed by atoms with E-state index in [9.17, 15) is 4.79 Å². The van der Waals surface area contributed by atoms with Crippen molar-refractivity contribution in [3.63, 3.8) is 0 Å². The average Bonchev–Trinajstić information content (AvgIpc) is 2.31. The summed E-state index contributed by atoms with van der Waals surface area (Å²) in [4.78, 5) is 11.7. The SMILES string of the molecule is CCCNC(COC)Cn1c(C)cccc1=O. The van der Waals surface area contributed by atoms with Crippen LogP contribution in [-0.4, -0.2) is 30.9 Å². The number of rotatable bonds is 7. The quantitative estimate of drug-likeness (QED) is 0.775. The Morgan fingerprint density at radius 1 is 1.47 bits per heavy atom. The van der Waals surface area contributed by atoms with Crippen molar-refractivity contribution in [2.75, 3.05) is 20.3 Å². The third kappa shape index (κ3) is 4.32. The maximum atomic E-state index is 11.7. The summed E-state index contributed by atoms with van der Waals surface area (Å²) in [7, 11) is 1.68. The monoisotopic (exact) mass is 238 g/mol. The molecule has 0 aromatic carbocycles. The fraction of sp³-hybridized carbons (Fsp3) is 0.615. The first-order chi connectivity index (χ1) is 8.19. The van der Waals surface area contributed by atoms with E-state index < -0.39 is 0 Å². The normalized spacial score (nSPS) is 12.6. The van der Waals surface area contributed by atoms with E-state index in [1.165, 1.54) is 0 Å². The molecule has 17 heavy (non-hydrogen) atoms. The molecule has 0 saturated carbocycles. The van der Waals surface area contributed by atoms with Crippen molar-refractivity contribution in [3.05, 3.63) is 34.2 Å². The summed E-state index contributed by atoms with van der Waals surface area (Å²) in [5, 5.41) is 3.39. The number of ether oxygens (including phenoxy) is 1. The van der Waals surface area contributed by atoms with Gasteiger partial charge in [-0.25, -0.2) is 0 Å². The maximum absolute atomic E-state index is 11.7. The zero-order chi connectivity index (χ0) is 12.7. The molecule has 1 aromatic rings. The molecule has 0 radical (unpaired) electrons. The molecule has 0 aliphatic carbocycles. The number of nitrogens with zero attached hydrogens (tertiary/aromatic N) is 1. The van der Waals surface area contributed by atoms with E-state index in [-0.39, 0.29) is 11.6 Å². The van der Waals surface area contributed by atoms with Crippen molar-refractivity contribution in [1.82, 2.24) is 9.88 Å².